The van der Waals surface area contributed by atoms with Gasteiger partial charge in [-0.15, -0.1) is 0 Å². The molecule has 2 amide bonds. The minimum absolute atomic E-state index is 0.0339. The highest BCUT2D eigenvalue weighted by atomic mass is 79.9. The first-order valence-electron chi connectivity index (χ1n) is 13.7. The lowest BCUT2D eigenvalue weighted by molar-refractivity contribution is -0.384. The summed E-state index contributed by atoms with van der Waals surface area (Å²) in [5.41, 5.74) is 0.619. The van der Waals surface area contributed by atoms with Crippen molar-refractivity contribution < 1.29 is 22.9 Å². The Hall–Kier alpha value is -3.77. The van der Waals surface area contributed by atoms with Crippen molar-refractivity contribution in [2.24, 2.45) is 0 Å². The molecule has 10 nitrogen and oxygen atoms in total. The number of carbonyl (C=O) groups excluding carboxylic acids is 2. The number of hydrogen-bond donors (Lipinski definition) is 1. The van der Waals surface area contributed by atoms with Crippen LogP contribution in [0, 0.1) is 10.1 Å². The van der Waals surface area contributed by atoms with Crippen LogP contribution in [-0.2, 0) is 26.2 Å². The standard InChI is InChI=1S/C30H33BrN4O6S/c1-22(30(37)32-25-11-4-2-5-12-25)33(20-23-9-8-10-24(31)19-23)29(36)21-34(26-15-17-27(18-16-26)35(38)39)42(40,41)28-13-6-3-7-14-28/h3,6-10,13-19,22,25H,2,4-5,11-12,20-21H2,1H3,(H,32,37)/t22-/m1/s1. The number of non-ortho nitro benzene ring substituents is 1. The summed E-state index contributed by atoms with van der Waals surface area (Å²) in [5.74, 6) is -0.905. The van der Waals surface area contributed by atoms with Gasteiger partial charge in [-0.25, -0.2) is 8.42 Å². The lowest BCUT2D eigenvalue weighted by Gasteiger charge is -2.33. The van der Waals surface area contributed by atoms with Crippen molar-refractivity contribution >= 4 is 49.1 Å². The van der Waals surface area contributed by atoms with Gasteiger partial charge in [-0.3, -0.25) is 24.0 Å². The van der Waals surface area contributed by atoms with Gasteiger partial charge >= 0.3 is 0 Å². The van der Waals surface area contributed by atoms with E-state index in [0.29, 0.717) is 0 Å². The van der Waals surface area contributed by atoms with Gasteiger partial charge in [0, 0.05) is 29.2 Å². The van der Waals surface area contributed by atoms with Gasteiger partial charge in [-0.05, 0) is 61.7 Å². The highest BCUT2D eigenvalue weighted by Crippen LogP contribution is 2.27. The number of hydrogen-bond acceptors (Lipinski definition) is 6. The molecule has 0 radical (unpaired) electrons. The van der Waals surface area contributed by atoms with Crippen LogP contribution >= 0.6 is 15.9 Å². The number of halogens is 1. The SMILES string of the molecule is C[C@H](C(=O)NC1CCCCC1)N(Cc1cccc(Br)c1)C(=O)CN(c1ccc([N+](=O)[O-])cc1)S(=O)(=O)c1ccccc1. The Morgan fingerprint density at radius 2 is 1.67 bits per heavy atom. The third-order valence-electron chi connectivity index (χ3n) is 7.32. The first-order valence-corrected chi connectivity index (χ1v) is 16.0. The van der Waals surface area contributed by atoms with Crippen molar-refractivity contribution in [3.63, 3.8) is 0 Å². The lowest BCUT2D eigenvalue weighted by atomic mass is 9.95. The molecule has 1 saturated carbocycles. The Morgan fingerprint density at radius 3 is 2.29 bits per heavy atom. The number of benzene rings is 3. The molecule has 1 aliphatic carbocycles. The van der Waals surface area contributed by atoms with Crippen molar-refractivity contribution in [2.75, 3.05) is 10.8 Å². The van der Waals surface area contributed by atoms with Gasteiger partial charge in [-0.1, -0.05) is 65.5 Å². The van der Waals surface area contributed by atoms with E-state index in [9.17, 15) is 28.1 Å². The first-order chi connectivity index (χ1) is 20.1. The first kappa shape index (κ1) is 31.2. The number of anilines is 1. The van der Waals surface area contributed by atoms with Crippen molar-refractivity contribution in [3.05, 3.63) is 99.0 Å². The highest BCUT2D eigenvalue weighted by Gasteiger charge is 2.33. The van der Waals surface area contributed by atoms with E-state index in [0.717, 1.165) is 46.4 Å². The highest BCUT2D eigenvalue weighted by molar-refractivity contribution is 9.10. The smallest absolute Gasteiger partial charge is 0.269 e. The molecular formula is C30H33BrN4O6S. The minimum atomic E-state index is -4.26. The number of rotatable bonds is 11. The van der Waals surface area contributed by atoms with Gasteiger partial charge in [0.15, 0.2) is 0 Å². The maximum absolute atomic E-state index is 14.0. The second-order valence-corrected chi connectivity index (χ2v) is 13.0. The lowest BCUT2D eigenvalue weighted by Crippen LogP contribution is -2.53. The molecular weight excluding hydrogens is 624 g/mol. The Balaban J connectivity index is 1.68. The second-order valence-electron chi connectivity index (χ2n) is 10.3. The van der Waals surface area contributed by atoms with E-state index in [1.54, 1.807) is 25.1 Å². The topological polar surface area (TPSA) is 130 Å². The molecule has 0 bridgehead atoms. The summed E-state index contributed by atoms with van der Waals surface area (Å²) in [6.45, 7) is 1.08. The van der Waals surface area contributed by atoms with Gasteiger partial charge in [0.2, 0.25) is 11.8 Å². The summed E-state index contributed by atoms with van der Waals surface area (Å²) < 4.78 is 29.4. The summed E-state index contributed by atoms with van der Waals surface area (Å²) in [7, 11) is -4.26. The largest absolute Gasteiger partial charge is 0.352 e. The maximum atomic E-state index is 14.0. The Bertz CT molecular complexity index is 1510. The average Bonchev–Trinajstić information content (AvgIpc) is 2.99. The predicted molar refractivity (Wildman–Crippen MR) is 163 cm³/mol. The molecule has 3 aromatic rings. The molecule has 1 N–H and O–H groups in total. The molecule has 1 atom stereocenters. The number of nitro benzene ring substituents is 1. The zero-order valence-corrected chi connectivity index (χ0v) is 25.6. The Morgan fingerprint density at radius 1 is 1.00 bits per heavy atom. The van der Waals surface area contributed by atoms with Crippen LogP contribution in [0.5, 0.6) is 0 Å². The van der Waals surface area contributed by atoms with Crippen LogP contribution in [0.25, 0.3) is 0 Å². The quantitative estimate of drug-likeness (QED) is 0.217. The normalized spacial score (nSPS) is 14.5. The van der Waals surface area contributed by atoms with E-state index in [-0.39, 0.29) is 34.8 Å². The van der Waals surface area contributed by atoms with Crippen LogP contribution in [0.15, 0.2) is 88.2 Å². The van der Waals surface area contributed by atoms with E-state index in [1.165, 1.54) is 41.3 Å². The molecule has 0 saturated heterocycles. The molecule has 42 heavy (non-hydrogen) atoms. The third kappa shape index (κ3) is 7.74. The van der Waals surface area contributed by atoms with Crippen LogP contribution < -0.4 is 9.62 Å². The van der Waals surface area contributed by atoms with Crippen molar-refractivity contribution in [3.8, 4) is 0 Å². The zero-order chi connectivity index (χ0) is 30.3. The number of amides is 2. The van der Waals surface area contributed by atoms with Crippen LogP contribution in [0.1, 0.15) is 44.6 Å². The summed E-state index contributed by atoms with van der Waals surface area (Å²) in [6, 6.07) is 19.1. The molecule has 0 aliphatic heterocycles. The van der Waals surface area contributed by atoms with Gasteiger partial charge in [0.05, 0.1) is 15.5 Å². The number of carbonyl (C=O) groups is 2. The monoisotopic (exact) mass is 656 g/mol. The number of sulfonamides is 1. The second kappa shape index (κ2) is 13.9. The summed E-state index contributed by atoms with van der Waals surface area (Å²) in [4.78, 5) is 39.4. The molecule has 4 rings (SSSR count). The number of nitrogens with one attached hydrogen (secondary N) is 1. The van der Waals surface area contributed by atoms with E-state index in [1.807, 2.05) is 24.3 Å². The van der Waals surface area contributed by atoms with Gasteiger partial charge < -0.3 is 10.2 Å². The summed E-state index contributed by atoms with van der Waals surface area (Å²) in [5, 5.41) is 14.3. The molecule has 3 aromatic carbocycles. The van der Waals surface area contributed by atoms with Crippen molar-refractivity contribution in [1.29, 1.82) is 0 Å². The summed E-state index contributed by atoms with van der Waals surface area (Å²) >= 11 is 3.44. The molecule has 0 heterocycles. The van der Waals surface area contributed by atoms with Crippen LogP contribution in [-0.4, -0.2) is 48.7 Å². The average molecular weight is 658 g/mol. The van der Waals surface area contributed by atoms with Crippen LogP contribution in [0.2, 0.25) is 0 Å². The maximum Gasteiger partial charge on any atom is 0.269 e. The van der Waals surface area contributed by atoms with Gasteiger partial charge in [0.1, 0.15) is 12.6 Å². The van der Waals surface area contributed by atoms with E-state index >= 15 is 0 Å². The minimum Gasteiger partial charge on any atom is -0.352 e. The van der Waals surface area contributed by atoms with Crippen molar-refractivity contribution in [1.82, 2.24) is 10.2 Å². The van der Waals surface area contributed by atoms with E-state index in [4.69, 9.17) is 0 Å². The van der Waals surface area contributed by atoms with Crippen molar-refractivity contribution in [2.45, 2.75) is 62.6 Å². The molecule has 222 valence electrons. The number of nitro groups is 1. The van der Waals surface area contributed by atoms with Crippen LogP contribution in [0.4, 0.5) is 11.4 Å². The third-order valence-corrected chi connectivity index (χ3v) is 9.60. The van der Waals surface area contributed by atoms with Crippen LogP contribution in [0.3, 0.4) is 0 Å². The fourth-order valence-corrected chi connectivity index (χ4v) is 6.85. The van der Waals surface area contributed by atoms with E-state index in [2.05, 4.69) is 21.2 Å². The Kier molecular flexibility index (Phi) is 10.3. The zero-order valence-electron chi connectivity index (χ0n) is 23.2. The predicted octanol–water partition coefficient (Wildman–Crippen LogP) is 5.42. The number of nitrogens with zero attached hydrogens (tertiary/aromatic N) is 3. The molecule has 0 unspecified atom stereocenters. The molecule has 0 spiro atoms. The Labute approximate surface area is 254 Å². The molecule has 1 fully saturated rings. The van der Waals surface area contributed by atoms with Gasteiger partial charge in [-0.2, -0.15) is 0 Å². The molecule has 1 aliphatic rings. The molecule has 12 heteroatoms. The fraction of sp³-hybridized carbons (Fsp3) is 0.333. The van der Waals surface area contributed by atoms with E-state index < -0.39 is 33.4 Å². The molecule has 0 aromatic heterocycles. The van der Waals surface area contributed by atoms with Gasteiger partial charge in [0.25, 0.3) is 15.7 Å². The summed E-state index contributed by atoms with van der Waals surface area (Å²) in [6.07, 6.45) is 4.94. The fourth-order valence-electron chi connectivity index (χ4n) is 4.97.